The molecule has 2 rings (SSSR count). The summed E-state index contributed by atoms with van der Waals surface area (Å²) in [5.41, 5.74) is 0.860. The molecule has 1 fully saturated rings. The smallest absolute Gasteiger partial charge is 0.123 e. The molecule has 1 aliphatic carbocycles. The molecule has 14 heavy (non-hydrogen) atoms. The maximum atomic E-state index is 13.1. The molecular formula is C12H15FO. The van der Waals surface area contributed by atoms with E-state index in [9.17, 15) is 9.50 Å². The van der Waals surface area contributed by atoms with E-state index in [4.69, 9.17) is 0 Å². The Kier molecular flexibility index (Phi) is 2.11. The van der Waals surface area contributed by atoms with Gasteiger partial charge in [-0.25, -0.2) is 4.39 Å². The van der Waals surface area contributed by atoms with Crippen molar-refractivity contribution in [3.63, 3.8) is 0 Å². The van der Waals surface area contributed by atoms with Crippen LogP contribution in [-0.2, 0) is 5.60 Å². The fourth-order valence-electron chi connectivity index (χ4n) is 2.14. The Hall–Kier alpha value is -0.890. The zero-order valence-electron chi connectivity index (χ0n) is 8.55. The van der Waals surface area contributed by atoms with Crippen molar-refractivity contribution in [2.24, 2.45) is 5.92 Å². The van der Waals surface area contributed by atoms with Gasteiger partial charge >= 0.3 is 0 Å². The summed E-state index contributed by atoms with van der Waals surface area (Å²) >= 11 is 0. The van der Waals surface area contributed by atoms with Gasteiger partial charge in [-0.2, -0.15) is 0 Å². The Morgan fingerprint density at radius 1 is 1.50 bits per heavy atom. The second-order valence-electron chi connectivity index (χ2n) is 4.25. The van der Waals surface area contributed by atoms with Gasteiger partial charge in [0.25, 0.3) is 0 Å². The molecule has 2 heteroatoms. The normalized spacial score (nSPS) is 30.4. The van der Waals surface area contributed by atoms with Crippen molar-refractivity contribution in [2.45, 2.75) is 32.3 Å². The summed E-state index contributed by atoms with van der Waals surface area (Å²) in [7, 11) is 0. The third-order valence-electron chi connectivity index (χ3n) is 3.11. The third kappa shape index (κ3) is 1.44. The maximum absolute atomic E-state index is 13.1. The molecule has 0 aromatic heterocycles. The molecule has 1 nitrogen and oxygen atoms in total. The molecule has 0 spiro atoms. The molecule has 1 aromatic carbocycles. The lowest BCUT2D eigenvalue weighted by atomic mass is 10.0. The second kappa shape index (κ2) is 3.06. The van der Waals surface area contributed by atoms with E-state index < -0.39 is 5.60 Å². The summed E-state index contributed by atoms with van der Waals surface area (Å²) < 4.78 is 13.1. The fraction of sp³-hybridized carbons (Fsp3) is 0.500. The van der Waals surface area contributed by atoms with Crippen LogP contribution >= 0.6 is 0 Å². The quantitative estimate of drug-likeness (QED) is 0.767. The van der Waals surface area contributed by atoms with Crippen LogP contribution in [0.25, 0.3) is 0 Å². The van der Waals surface area contributed by atoms with Gasteiger partial charge in [0.1, 0.15) is 5.82 Å². The average Bonchev–Trinajstić information content (AvgIpc) is 2.77. The van der Waals surface area contributed by atoms with Crippen molar-refractivity contribution < 1.29 is 9.50 Å². The molecule has 0 amide bonds. The van der Waals surface area contributed by atoms with Crippen molar-refractivity contribution >= 4 is 0 Å². The maximum Gasteiger partial charge on any atom is 0.123 e. The summed E-state index contributed by atoms with van der Waals surface area (Å²) in [5.74, 6) is 0.0545. The number of benzene rings is 1. The van der Waals surface area contributed by atoms with E-state index in [-0.39, 0.29) is 5.82 Å². The first-order valence-corrected chi connectivity index (χ1v) is 5.06. The van der Waals surface area contributed by atoms with Crippen LogP contribution in [0.4, 0.5) is 4.39 Å². The van der Waals surface area contributed by atoms with Crippen LogP contribution in [0.3, 0.4) is 0 Å². The highest BCUT2D eigenvalue weighted by Gasteiger charge is 2.52. The lowest BCUT2D eigenvalue weighted by Gasteiger charge is -2.11. The highest BCUT2D eigenvalue weighted by molar-refractivity contribution is 5.33. The summed E-state index contributed by atoms with van der Waals surface area (Å²) in [6.45, 7) is 3.90. The van der Waals surface area contributed by atoms with E-state index in [1.165, 1.54) is 12.1 Å². The van der Waals surface area contributed by atoms with Gasteiger partial charge in [-0.05, 0) is 42.5 Å². The van der Waals surface area contributed by atoms with Gasteiger partial charge in [0.05, 0.1) is 5.60 Å². The molecule has 0 radical (unpaired) electrons. The Balaban J connectivity index is 2.34. The van der Waals surface area contributed by atoms with Crippen LogP contribution in [0.1, 0.15) is 30.9 Å². The summed E-state index contributed by atoms with van der Waals surface area (Å²) in [4.78, 5) is 0. The Morgan fingerprint density at radius 3 is 2.71 bits per heavy atom. The van der Waals surface area contributed by atoms with Crippen molar-refractivity contribution in [3.05, 3.63) is 35.1 Å². The van der Waals surface area contributed by atoms with Crippen molar-refractivity contribution in [2.75, 3.05) is 0 Å². The molecule has 0 saturated heterocycles. The van der Waals surface area contributed by atoms with Gasteiger partial charge in [0.2, 0.25) is 0 Å². The largest absolute Gasteiger partial charge is 0.385 e. The van der Waals surface area contributed by atoms with E-state index in [1.807, 2.05) is 13.0 Å². The first-order chi connectivity index (χ1) is 6.56. The van der Waals surface area contributed by atoms with E-state index in [1.54, 1.807) is 0 Å². The first-order valence-electron chi connectivity index (χ1n) is 5.06. The summed E-state index contributed by atoms with van der Waals surface area (Å²) in [6.07, 6.45) is 1.72. The molecule has 1 aromatic rings. The van der Waals surface area contributed by atoms with Crippen LogP contribution in [0.15, 0.2) is 18.2 Å². The minimum atomic E-state index is -0.748. The van der Waals surface area contributed by atoms with Crippen LogP contribution in [0.5, 0.6) is 0 Å². The second-order valence-corrected chi connectivity index (χ2v) is 4.25. The van der Waals surface area contributed by atoms with Gasteiger partial charge in [-0.3, -0.25) is 0 Å². The van der Waals surface area contributed by atoms with E-state index in [0.29, 0.717) is 5.92 Å². The molecular weight excluding hydrogens is 179 g/mol. The molecule has 2 atom stereocenters. The van der Waals surface area contributed by atoms with Crippen LogP contribution in [-0.4, -0.2) is 5.11 Å². The number of rotatable bonds is 2. The fourth-order valence-corrected chi connectivity index (χ4v) is 2.14. The SMILES string of the molecule is CCC1CC1(O)c1cc(C)cc(F)c1. The number of hydrogen-bond donors (Lipinski definition) is 1. The molecule has 1 N–H and O–H groups in total. The number of hydrogen-bond acceptors (Lipinski definition) is 1. The molecule has 1 aliphatic rings. The number of aryl methyl sites for hydroxylation is 1. The summed E-state index contributed by atoms with van der Waals surface area (Å²) in [5, 5.41) is 10.1. The van der Waals surface area contributed by atoms with Gasteiger partial charge in [-0.15, -0.1) is 0 Å². The predicted octanol–water partition coefficient (Wildman–Crippen LogP) is 2.75. The molecule has 1 saturated carbocycles. The minimum absolute atomic E-state index is 0.254. The zero-order valence-corrected chi connectivity index (χ0v) is 8.55. The Labute approximate surface area is 83.6 Å². The Bertz CT molecular complexity index is 341. The molecule has 0 bridgehead atoms. The van der Waals surface area contributed by atoms with Gasteiger partial charge < -0.3 is 5.11 Å². The van der Waals surface area contributed by atoms with Crippen LogP contribution < -0.4 is 0 Å². The topological polar surface area (TPSA) is 20.2 Å². The monoisotopic (exact) mass is 194 g/mol. The van der Waals surface area contributed by atoms with E-state index in [0.717, 1.165) is 24.0 Å². The highest BCUT2D eigenvalue weighted by Crippen LogP contribution is 2.53. The van der Waals surface area contributed by atoms with Crippen LogP contribution in [0, 0.1) is 18.7 Å². The first kappa shape index (κ1) is 9.66. The lowest BCUT2D eigenvalue weighted by Crippen LogP contribution is -2.09. The van der Waals surface area contributed by atoms with E-state index >= 15 is 0 Å². The standard InChI is InChI=1S/C12H15FO/c1-3-9-7-12(9,14)10-4-8(2)5-11(13)6-10/h4-6,9,14H,3,7H2,1-2H3. The van der Waals surface area contributed by atoms with E-state index in [2.05, 4.69) is 6.92 Å². The van der Waals surface area contributed by atoms with Crippen LogP contribution in [0.2, 0.25) is 0 Å². The molecule has 2 unspecified atom stereocenters. The van der Waals surface area contributed by atoms with Gasteiger partial charge in [0.15, 0.2) is 0 Å². The van der Waals surface area contributed by atoms with Gasteiger partial charge in [0, 0.05) is 0 Å². The molecule has 76 valence electrons. The minimum Gasteiger partial charge on any atom is -0.385 e. The zero-order chi connectivity index (χ0) is 10.3. The van der Waals surface area contributed by atoms with Crippen molar-refractivity contribution in [1.82, 2.24) is 0 Å². The van der Waals surface area contributed by atoms with Gasteiger partial charge in [-0.1, -0.05) is 19.4 Å². The average molecular weight is 194 g/mol. The van der Waals surface area contributed by atoms with Crippen molar-refractivity contribution in [3.8, 4) is 0 Å². The molecule has 0 aliphatic heterocycles. The highest BCUT2D eigenvalue weighted by atomic mass is 19.1. The summed E-state index contributed by atoms with van der Waals surface area (Å²) in [6, 6.07) is 4.80. The number of aliphatic hydroxyl groups is 1. The van der Waals surface area contributed by atoms with Crippen molar-refractivity contribution in [1.29, 1.82) is 0 Å². The third-order valence-corrected chi connectivity index (χ3v) is 3.11. The lowest BCUT2D eigenvalue weighted by molar-refractivity contribution is 0.130. The Morgan fingerprint density at radius 2 is 2.21 bits per heavy atom. The predicted molar refractivity (Wildman–Crippen MR) is 53.4 cm³/mol. The molecule has 0 heterocycles. The number of halogens is 1.